The number of aliphatic hydroxyl groups excluding tert-OH is 2. The molecule has 9 heteroatoms. The lowest BCUT2D eigenvalue weighted by Crippen LogP contribution is -2.74. The number of aliphatic hydroxyl groups is 3. The number of carbonyl (C=O) groups excluding carboxylic acids is 4. The van der Waals surface area contributed by atoms with Crippen LogP contribution in [0.4, 0.5) is 0 Å². The zero-order chi connectivity index (χ0) is 32.0. The van der Waals surface area contributed by atoms with Crippen LogP contribution < -0.4 is 0 Å². The number of ketones is 3. The maximum atomic E-state index is 14.4. The van der Waals surface area contributed by atoms with Gasteiger partial charge in [-0.2, -0.15) is 0 Å². The van der Waals surface area contributed by atoms with E-state index in [9.17, 15) is 39.6 Å². The van der Waals surface area contributed by atoms with Gasteiger partial charge < -0.3 is 25.2 Å². The van der Waals surface area contributed by atoms with Crippen LogP contribution in [0.15, 0.2) is 34.8 Å². The van der Waals surface area contributed by atoms with E-state index in [-0.39, 0.29) is 16.9 Å². The van der Waals surface area contributed by atoms with E-state index in [1.807, 2.05) is 0 Å². The summed E-state index contributed by atoms with van der Waals surface area (Å²) < 4.78 is 6.44. The highest BCUT2D eigenvalue weighted by molar-refractivity contribution is 6.25. The highest BCUT2D eigenvalue weighted by Crippen LogP contribution is 2.68. The monoisotopic (exact) mass is 594 g/mol. The molecule has 4 aliphatic carbocycles. The lowest BCUT2D eigenvalue weighted by molar-refractivity contribution is -0.227. The molecule has 0 amide bonds. The predicted octanol–water partition coefficient (Wildman–Crippen LogP) is 5.32. The molecule has 1 saturated carbocycles. The number of allylic oxidation sites excluding steroid dienone is 1. The number of aromatic hydroxyl groups is 1. The van der Waals surface area contributed by atoms with E-state index in [4.69, 9.17) is 4.74 Å². The number of carbonyl (C=O) groups is 4. The molecule has 0 spiro atoms. The second kappa shape index (κ2) is 10.0. The average molecular weight is 595 g/mol. The Morgan fingerprint density at radius 2 is 1.63 bits per heavy atom. The van der Waals surface area contributed by atoms with Gasteiger partial charge in [0.25, 0.3) is 0 Å². The molecule has 0 aromatic heterocycles. The van der Waals surface area contributed by atoms with Gasteiger partial charge in [0.2, 0.25) is 5.78 Å². The van der Waals surface area contributed by atoms with Gasteiger partial charge in [0.15, 0.2) is 17.2 Å². The van der Waals surface area contributed by atoms with Gasteiger partial charge >= 0.3 is 5.97 Å². The van der Waals surface area contributed by atoms with Gasteiger partial charge in [-0.25, -0.2) is 0 Å². The molecule has 0 bridgehead atoms. The van der Waals surface area contributed by atoms with Crippen LogP contribution in [0.25, 0.3) is 0 Å². The number of esters is 1. The molecular formula is C34H42O9. The van der Waals surface area contributed by atoms with Crippen molar-refractivity contribution in [3.63, 3.8) is 0 Å². The Kier molecular flexibility index (Phi) is 7.24. The first-order valence-corrected chi connectivity index (χ1v) is 15.2. The minimum absolute atomic E-state index is 0.0649. The molecule has 5 rings (SSSR count). The first-order chi connectivity index (χ1) is 20.0. The lowest BCUT2D eigenvalue weighted by Gasteiger charge is -2.64. The van der Waals surface area contributed by atoms with Crippen molar-refractivity contribution in [3.8, 4) is 5.75 Å². The van der Waals surface area contributed by atoms with Crippen LogP contribution in [0.5, 0.6) is 5.75 Å². The topological polar surface area (TPSA) is 158 Å². The van der Waals surface area contributed by atoms with Gasteiger partial charge in [-0.15, -0.1) is 0 Å². The smallest absolute Gasteiger partial charge is 0.309 e. The van der Waals surface area contributed by atoms with Crippen molar-refractivity contribution in [3.05, 3.63) is 51.5 Å². The van der Waals surface area contributed by atoms with Crippen molar-refractivity contribution < 1.29 is 44.3 Å². The van der Waals surface area contributed by atoms with Gasteiger partial charge in [-0.3, -0.25) is 19.2 Å². The number of Topliss-reactive ketones (excluding diaryl/α,β-unsaturated/α-hetero) is 3. The minimum atomic E-state index is -2.91. The lowest BCUT2D eigenvalue weighted by atomic mass is 9.41. The summed E-state index contributed by atoms with van der Waals surface area (Å²) in [6, 6.07) is 3.05. The van der Waals surface area contributed by atoms with Crippen LogP contribution in [0.2, 0.25) is 0 Å². The van der Waals surface area contributed by atoms with Crippen molar-refractivity contribution in [1.82, 2.24) is 0 Å². The zero-order valence-corrected chi connectivity index (χ0v) is 25.9. The van der Waals surface area contributed by atoms with Crippen LogP contribution in [0.3, 0.4) is 0 Å². The summed E-state index contributed by atoms with van der Waals surface area (Å²) in [6.07, 6.45) is 2.47. The second-order valence-electron chi connectivity index (χ2n) is 13.8. The third kappa shape index (κ3) is 3.79. The Labute approximate surface area is 251 Å². The van der Waals surface area contributed by atoms with Crippen LogP contribution in [-0.4, -0.2) is 55.5 Å². The van der Waals surface area contributed by atoms with E-state index in [2.05, 4.69) is 0 Å². The standard InChI is InChI=1S/C34H42O9/c1-15(2)24-26(37)22(18(5)35)28(39)34(42)29(40)25-27(38)23-20(36)14-13-16(3)21(23)17(4)32(25,6)31(33(24,34)7)43-30(41)19-11-9-8-10-12-19/h13-15,17,19,24,31,36-37,40,42H,8-12H2,1-7H3/t17-,24?,31-,32+,33+,34+/m1/s1. The molecular weight excluding hydrogens is 552 g/mol. The summed E-state index contributed by atoms with van der Waals surface area (Å²) in [5.74, 6) is -7.98. The number of rotatable bonds is 4. The second-order valence-corrected chi connectivity index (χ2v) is 13.8. The predicted molar refractivity (Wildman–Crippen MR) is 157 cm³/mol. The van der Waals surface area contributed by atoms with E-state index in [0.29, 0.717) is 24.0 Å². The molecule has 0 aliphatic heterocycles. The quantitative estimate of drug-likeness (QED) is 0.267. The van der Waals surface area contributed by atoms with Crippen LogP contribution in [0.1, 0.15) is 101 Å². The molecule has 0 radical (unpaired) electrons. The Hall–Kier alpha value is -3.46. The van der Waals surface area contributed by atoms with Crippen molar-refractivity contribution in [2.75, 3.05) is 0 Å². The molecule has 4 aliphatic rings. The van der Waals surface area contributed by atoms with Gasteiger partial charge in [0, 0.05) is 11.3 Å². The number of benzene rings is 1. The highest BCUT2D eigenvalue weighted by atomic mass is 16.5. The van der Waals surface area contributed by atoms with Gasteiger partial charge in [-0.1, -0.05) is 59.9 Å². The van der Waals surface area contributed by atoms with Crippen LogP contribution in [0, 0.1) is 35.5 Å². The number of hydrogen-bond donors (Lipinski definition) is 4. The van der Waals surface area contributed by atoms with Crippen molar-refractivity contribution >= 4 is 23.3 Å². The average Bonchev–Trinajstić information content (AvgIpc) is 2.93. The van der Waals surface area contributed by atoms with Gasteiger partial charge in [-0.05, 0) is 55.7 Å². The molecule has 0 heterocycles. The number of ether oxygens (including phenoxy) is 1. The SMILES string of the molecule is CC(=O)C1=C(O)C(C(C)C)[C@@]2(C)[C@H](OC(=O)C3CCCCC3)[C@]3(C)C(=C(O)[C@@]2(O)C1=O)C(=O)c1c(O)ccc(C)c1[C@H]3C. The fraction of sp³-hybridized carbons (Fsp3) is 0.588. The molecule has 1 unspecified atom stereocenters. The number of hydrogen-bond acceptors (Lipinski definition) is 9. The normalized spacial score (nSPS) is 34.6. The summed E-state index contributed by atoms with van der Waals surface area (Å²) in [5, 5.41) is 47.1. The first kappa shape index (κ1) is 31.0. The summed E-state index contributed by atoms with van der Waals surface area (Å²) in [6.45, 7) is 11.3. The number of aryl methyl sites for hydroxylation is 1. The van der Waals surface area contributed by atoms with Crippen molar-refractivity contribution in [2.45, 2.75) is 98.2 Å². The summed E-state index contributed by atoms with van der Waals surface area (Å²) in [4.78, 5) is 55.3. The summed E-state index contributed by atoms with van der Waals surface area (Å²) >= 11 is 0. The van der Waals surface area contributed by atoms with Gasteiger partial charge in [0.05, 0.1) is 22.5 Å². The Balaban J connectivity index is 1.90. The van der Waals surface area contributed by atoms with Crippen LogP contribution >= 0.6 is 0 Å². The molecule has 1 fully saturated rings. The van der Waals surface area contributed by atoms with E-state index in [1.165, 1.54) is 13.0 Å². The van der Waals surface area contributed by atoms with Crippen molar-refractivity contribution in [1.29, 1.82) is 0 Å². The minimum Gasteiger partial charge on any atom is -0.511 e. The molecule has 1 aromatic rings. The van der Waals surface area contributed by atoms with E-state index >= 15 is 0 Å². The molecule has 9 nitrogen and oxygen atoms in total. The number of phenolic OH excluding ortho intramolecular Hbond substituents is 1. The summed E-state index contributed by atoms with van der Waals surface area (Å²) in [7, 11) is 0. The molecule has 232 valence electrons. The third-order valence-corrected chi connectivity index (χ3v) is 11.2. The molecule has 43 heavy (non-hydrogen) atoms. The maximum Gasteiger partial charge on any atom is 0.309 e. The molecule has 0 saturated heterocycles. The summed E-state index contributed by atoms with van der Waals surface area (Å²) in [5.41, 5.74) is -6.22. The van der Waals surface area contributed by atoms with E-state index < -0.39 is 86.6 Å². The first-order valence-electron chi connectivity index (χ1n) is 15.2. The van der Waals surface area contributed by atoms with Crippen LogP contribution in [-0.2, 0) is 19.1 Å². The Bertz CT molecular complexity index is 1510. The Morgan fingerprint density at radius 3 is 2.19 bits per heavy atom. The Morgan fingerprint density at radius 1 is 1.02 bits per heavy atom. The zero-order valence-electron chi connectivity index (χ0n) is 25.9. The van der Waals surface area contributed by atoms with E-state index in [1.54, 1.807) is 40.7 Å². The molecule has 6 atom stereocenters. The fourth-order valence-electron chi connectivity index (χ4n) is 8.99. The molecule has 4 N–H and O–H groups in total. The maximum absolute atomic E-state index is 14.4. The highest BCUT2D eigenvalue weighted by Gasteiger charge is 2.77. The number of phenols is 1. The van der Waals surface area contributed by atoms with E-state index in [0.717, 1.165) is 26.2 Å². The van der Waals surface area contributed by atoms with Gasteiger partial charge in [0.1, 0.15) is 28.9 Å². The largest absolute Gasteiger partial charge is 0.511 e. The van der Waals surface area contributed by atoms with Crippen molar-refractivity contribution in [2.24, 2.45) is 28.6 Å². The fourth-order valence-corrected chi connectivity index (χ4v) is 8.99. The third-order valence-electron chi connectivity index (χ3n) is 11.2. The molecule has 1 aromatic carbocycles. The number of fused-ring (bicyclic) bond motifs is 3.